The van der Waals surface area contributed by atoms with Crippen LogP contribution in [0.25, 0.3) is 0 Å². The third-order valence-electron chi connectivity index (χ3n) is 6.94. The number of nitrogens with two attached hydrogens (primary N) is 1. The van der Waals surface area contributed by atoms with Gasteiger partial charge in [0.05, 0.1) is 22.3 Å². The highest BCUT2D eigenvalue weighted by Gasteiger charge is 2.32. The summed E-state index contributed by atoms with van der Waals surface area (Å²) in [5, 5.41) is 3.21. The van der Waals surface area contributed by atoms with Gasteiger partial charge in [0.1, 0.15) is 11.6 Å². The Labute approximate surface area is 214 Å². The Balaban J connectivity index is 1.50. The van der Waals surface area contributed by atoms with Crippen LogP contribution >= 0.6 is 11.6 Å². The quantitative estimate of drug-likeness (QED) is 0.565. The Bertz CT molecular complexity index is 1240. The summed E-state index contributed by atoms with van der Waals surface area (Å²) in [5.41, 5.74) is 9.64. The molecule has 1 saturated heterocycles. The zero-order chi connectivity index (χ0) is 26.0. The molecule has 2 aliphatic rings. The number of amides is 2. The number of halogens is 3. The molecule has 2 heterocycles. The Morgan fingerprint density at radius 1 is 1.22 bits per heavy atom. The molecule has 0 unspecified atom stereocenters. The molecule has 2 aromatic carbocycles. The second-order valence-electron chi connectivity index (χ2n) is 9.32. The van der Waals surface area contributed by atoms with Gasteiger partial charge in [0.25, 0.3) is 5.91 Å². The van der Waals surface area contributed by atoms with Crippen molar-refractivity contribution in [1.82, 2.24) is 10.2 Å². The number of aliphatic imine (C=N–C) groups is 1. The van der Waals surface area contributed by atoms with Crippen LogP contribution in [-0.4, -0.2) is 48.6 Å². The monoisotopic (exact) mass is 514 g/mol. The van der Waals surface area contributed by atoms with Gasteiger partial charge in [0, 0.05) is 49.5 Å². The number of nitrogens with zero attached hydrogens (tertiary/aromatic N) is 2. The van der Waals surface area contributed by atoms with E-state index in [1.807, 2.05) is 13.0 Å². The maximum absolute atomic E-state index is 13.8. The highest BCUT2D eigenvalue weighted by atomic mass is 35.5. The van der Waals surface area contributed by atoms with Crippen molar-refractivity contribution in [2.24, 2.45) is 16.6 Å². The molecular weight excluding hydrogens is 486 g/mol. The molecule has 36 heavy (non-hydrogen) atoms. The summed E-state index contributed by atoms with van der Waals surface area (Å²) in [5.74, 6) is -1.23. The minimum absolute atomic E-state index is 0.0894. The largest absolute Gasteiger partial charge is 0.400 e. The van der Waals surface area contributed by atoms with Crippen LogP contribution < -0.4 is 11.1 Å². The number of carbonyl (C=O) groups excluding carboxylic acids is 2. The van der Waals surface area contributed by atoms with E-state index in [0.29, 0.717) is 65.0 Å². The minimum atomic E-state index is -0.697. The number of carbonyl (C=O) groups is 2. The minimum Gasteiger partial charge on any atom is -0.400 e. The lowest BCUT2D eigenvalue weighted by atomic mass is 9.91. The van der Waals surface area contributed by atoms with Crippen LogP contribution in [-0.2, 0) is 11.2 Å². The fourth-order valence-corrected chi connectivity index (χ4v) is 5.22. The van der Waals surface area contributed by atoms with Crippen LogP contribution in [0.4, 0.5) is 8.78 Å². The Hall–Kier alpha value is -3.26. The van der Waals surface area contributed by atoms with Gasteiger partial charge in [-0.05, 0) is 61.9 Å². The molecule has 0 aliphatic carbocycles. The number of benzene rings is 2. The van der Waals surface area contributed by atoms with Gasteiger partial charge in [0.15, 0.2) is 0 Å². The first kappa shape index (κ1) is 25.8. The standard InChI is InChI=1S/C27H29ClF2N4O2/c1-15-25(31)22(26(32-2)18-11-19(29)13-20(30)12-18)7-8-34(15)27(36)21-6-5-16(9-23(21)28)3-4-17-10-24(35)33-14-17/h5-6,9,11-13,15,17H,3-4,7-8,10,14,31H2,1-2H3,(H,33,35)/t15-,17-/m1/s1. The van der Waals surface area contributed by atoms with Crippen LogP contribution in [0, 0.1) is 17.6 Å². The molecule has 0 aromatic heterocycles. The summed E-state index contributed by atoms with van der Waals surface area (Å²) in [6.45, 7) is 2.87. The molecule has 0 spiro atoms. The smallest absolute Gasteiger partial charge is 0.255 e. The summed E-state index contributed by atoms with van der Waals surface area (Å²) < 4.78 is 27.6. The van der Waals surface area contributed by atoms with E-state index in [-0.39, 0.29) is 11.8 Å². The van der Waals surface area contributed by atoms with Gasteiger partial charge in [0.2, 0.25) is 5.91 Å². The molecule has 0 bridgehead atoms. The van der Waals surface area contributed by atoms with E-state index in [9.17, 15) is 18.4 Å². The normalized spacial score (nSPS) is 20.6. The van der Waals surface area contributed by atoms with E-state index in [0.717, 1.165) is 24.5 Å². The molecule has 2 amide bonds. The molecule has 190 valence electrons. The lowest BCUT2D eigenvalue weighted by Gasteiger charge is -2.36. The fourth-order valence-electron chi connectivity index (χ4n) is 4.93. The lowest BCUT2D eigenvalue weighted by Crippen LogP contribution is -2.46. The molecule has 0 radical (unpaired) electrons. The van der Waals surface area contributed by atoms with Crippen molar-refractivity contribution in [3.05, 3.63) is 81.0 Å². The molecule has 2 atom stereocenters. The summed E-state index contributed by atoms with van der Waals surface area (Å²) in [4.78, 5) is 30.7. The predicted octanol–water partition coefficient (Wildman–Crippen LogP) is 4.25. The van der Waals surface area contributed by atoms with E-state index in [1.54, 1.807) is 24.1 Å². The third kappa shape index (κ3) is 5.43. The highest BCUT2D eigenvalue weighted by Crippen LogP contribution is 2.29. The van der Waals surface area contributed by atoms with Crippen molar-refractivity contribution < 1.29 is 18.4 Å². The van der Waals surface area contributed by atoms with E-state index >= 15 is 0 Å². The molecule has 2 aliphatic heterocycles. The van der Waals surface area contributed by atoms with E-state index in [2.05, 4.69) is 10.3 Å². The van der Waals surface area contributed by atoms with E-state index < -0.39 is 17.7 Å². The predicted molar refractivity (Wildman–Crippen MR) is 136 cm³/mol. The van der Waals surface area contributed by atoms with Crippen molar-refractivity contribution in [3.63, 3.8) is 0 Å². The molecule has 3 N–H and O–H groups in total. The molecule has 0 saturated carbocycles. The first-order valence-electron chi connectivity index (χ1n) is 12.0. The second-order valence-corrected chi connectivity index (χ2v) is 9.72. The number of hydrogen-bond acceptors (Lipinski definition) is 4. The number of hydrogen-bond donors (Lipinski definition) is 2. The van der Waals surface area contributed by atoms with Gasteiger partial charge in [-0.15, -0.1) is 0 Å². The van der Waals surface area contributed by atoms with Crippen LogP contribution in [0.5, 0.6) is 0 Å². The SMILES string of the molecule is CN=C(C1=C(N)[C@@H](C)N(C(=O)c2ccc(CC[C@H]3CNC(=O)C3)cc2Cl)CC1)c1cc(F)cc(F)c1. The first-order chi connectivity index (χ1) is 17.2. The van der Waals surface area contributed by atoms with Crippen LogP contribution in [0.3, 0.4) is 0 Å². The van der Waals surface area contributed by atoms with Gasteiger partial charge in [-0.3, -0.25) is 14.6 Å². The van der Waals surface area contributed by atoms with E-state index in [4.69, 9.17) is 17.3 Å². The van der Waals surface area contributed by atoms with Crippen LogP contribution in [0.1, 0.15) is 47.7 Å². The molecule has 9 heteroatoms. The molecule has 2 aromatic rings. The van der Waals surface area contributed by atoms with Crippen LogP contribution in [0.2, 0.25) is 5.02 Å². The maximum atomic E-state index is 13.8. The van der Waals surface area contributed by atoms with E-state index in [1.165, 1.54) is 12.1 Å². The van der Waals surface area contributed by atoms with Gasteiger partial charge < -0.3 is 16.0 Å². The number of nitrogens with one attached hydrogen (secondary N) is 1. The van der Waals surface area contributed by atoms with Crippen molar-refractivity contribution in [1.29, 1.82) is 0 Å². The molecular formula is C27H29ClF2N4O2. The first-order valence-corrected chi connectivity index (χ1v) is 12.3. The maximum Gasteiger partial charge on any atom is 0.255 e. The van der Waals surface area contributed by atoms with Gasteiger partial charge >= 0.3 is 0 Å². The second kappa shape index (κ2) is 10.8. The van der Waals surface area contributed by atoms with Gasteiger partial charge in [-0.1, -0.05) is 17.7 Å². The molecule has 1 fully saturated rings. The van der Waals surface area contributed by atoms with Crippen molar-refractivity contribution in [2.45, 2.75) is 38.6 Å². The Morgan fingerprint density at radius 2 is 1.94 bits per heavy atom. The molecule has 4 rings (SSSR count). The highest BCUT2D eigenvalue weighted by molar-refractivity contribution is 6.34. The summed E-state index contributed by atoms with van der Waals surface area (Å²) >= 11 is 6.51. The number of aryl methyl sites for hydroxylation is 1. The van der Waals surface area contributed by atoms with Gasteiger partial charge in [-0.25, -0.2) is 8.78 Å². The van der Waals surface area contributed by atoms with Gasteiger partial charge in [-0.2, -0.15) is 0 Å². The zero-order valence-corrected chi connectivity index (χ0v) is 21.0. The number of rotatable bonds is 6. The average molecular weight is 515 g/mol. The summed E-state index contributed by atoms with van der Waals surface area (Å²) in [6.07, 6.45) is 2.57. The third-order valence-corrected chi connectivity index (χ3v) is 7.25. The van der Waals surface area contributed by atoms with Crippen LogP contribution in [0.15, 0.2) is 52.7 Å². The Morgan fingerprint density at radius 3 is 2.56 bits per heavy atom. The zero-order valence-electron chi connectivity index (χ0n) is 20.3. The summed E-state index contributed by atoms with van der Waals surface area (Å²) in [7, 11) is 1.54. The topological polar surface area (TPSA) is 87.8 Å². The van der Waals surface area contributed by atoms with Crippen molar-refractivity contribution in [3.8, 4) is 0 Å². The average Bonchev–Trinajstić information content (AvgIpc) is 3.25. The van der Waals surface area contributed by atoms with Crippen molar-refractivity contribution >= 4 is 29.1 Å². The summed E-state index contributed by atoms with van der Waals surface area (Å²) in [6, 6.07) is 8.21. The Kier molecular flexibility index (Phi) is 7.73. The molecule has 6 nitrogen and oxygen atoms in total. The lowest BCUT2D eigenvalue weighted by molar-refractivity contribution is -0.119. The van der Waals surface area contributed by atoms with Crippen molar-refractivity contribution in [2.75, 3.05) is 20.1 Å². The fraction of sp³-hybridized carbons (Fsp3) is 0.370.